The molecular formula is C22H25N5O3S. The average Bonchev–Trinajstić information content (AvgIpc) is 3.50. The summed E-state index contributed by atoms with van der Waals surface area (Å²) in [6.45, 7) is 2.19. The molecule has 0 N–H and O–H groups in total. The number of amides is 1. The van der Waals surface area contributed by atoms with Gasteiger partial charge in [0.2, 0.25) is 0 Å². The van der Waals surface area contributed by atoms with E-state index in [0.29, 0.717) is 17.2 Å². The van der Waals surface area contributed by atoms with Gasteiger partial charge in [-0.05, 0) is 37.5 Å². The second-order valence-electron chi connectivity index (χ2n) is 7.65. The van der Waals surface area contributed by atoms with Gasteiger partial charge in [0, 0.05) is 17.6 Å². The van der Waals surface area contributed by atoms with Crippen LogP contribution < -0.4 is 4.90 Å². The Morgan fingerprint density at radius 1 is 1.23 bits per heavy atom. The number of anilines is 1. The molecule has 1 saturated carbocycles. The minimum absolute atomic E-state index is 0.102. The molecule has 1 unspecified atom stereocenters. The highest BCUT2D eigenvalue weighted by molar-refractivity contribution is 7.13. The summed E-state index contributed by atoms with van der Waals surface area (Å²) in [5.41, 5.74) is 1.39. The molecule has 1 fully saturated rings. The van der Waals surface area contributed by atoms with Crippen LogP contribution in [0.25, 0.3) is 0 Å². The summed E-state index contributed by atoms with van der Waals surface area (Å²) in [6.07, 6.45) is 9.17. The van der Waals surface area contributed by atoms with Crippen molar-refractivity contribution in [3.8, 4) is 0 Å². The predicted molar refractivity (Wildman–Crippen MR) is 117 cm³/mol. The Kier molecular flexibility index (Phi) is 6.71. The molecule has 0 spiro atoms. The SMILES string of the molecule is CC(OC(=O)c1ccc(Cn2cncn2)cc1)C(=O)N(c1nccs1)C1CCCCC1. The molecule has 8 nitrogen and oxygen atoms in total. The first-order valence-electron chi connectivity index (χ1n) is 10.5. The highest BCUT2D eigenvalue weighted by atomic mass is 32.1. The quantitative estimate of drug-likeness (QED) is 0.522. The van der Waals surface area contributed by atoms with Crippen molar-refractivity contribution in [2.24, 2.45) is 0 Å². The molecule has 9 heteroatoms. The Labute approximate surface area is 184 Å². The fourth-order valence-electron chi connectivity index (χ4n) is 3.83. The summed E-state index contributed by atoms with van der Waals surface area (Å²) in [5, 5.41) is 6.59. The number of aromatic nitrogens is 4. The number of ether oxygens (including phenoxy) is 1. The summed E-state index contributed by atoms with van der Waals surface area (Å²) in [7, 11) is 0. The van der Waals surface area contributed by atoms with Gasteiger partial charge in [-0.25, -0.2) is 19.4 Å². The molecule has 0 radical (unpaired) electrons. The number of thiazole rings is 1. The van der Waals surface area contributed by atoms with Crippen LogP contribution in [0.15, 0.2) is 48.5 Å². The van der Waals surface area contributed by atoms with Crippen molar-refractivity contribution < 1.29 is 14.3 Å². The van der Waals surface area contributed by atoms with E-state index in [1.54, 1.807) is 41.2 Å². The van der Waals surface area contributed by atoms with Gasteiger partial charge < -0.3 is 4.74 Å². The fourth-order valence-corrected chi connectivity index (χ4v) is 4.54. The third-order valence-corrected chi connectivity index (χ3v) is 6.21. The number of carbonyl (C=O) groups is 2. The van der Waals surface area contributed by atoms with Gasteiger partial charge in [-0.1, -0.05) is 31.4 Å². The van der Waals surface area contributed by atoms with Crippen LogP contribution in [0.3, 0.4) is 0 Å². The third-order valence-electron chi connectivity index (χ3n) is 5.44. The molecule has 0 aliphatic heterocycles. The number of benzene rings is 1. The van der Waals surface area contributed by atoms with E-state index in [4.69, 9.17) is 4.74 Å². The third kappa shape index (κ3) is 5.16. The Bertz CT molecular complexity index is 983. The Hall–Kier alpha value is -3.07. The van der Waals surface area contributed by atoms with E-state index in [2.05, 4.69) is 15.1 Å². The first-order chi connectivity index (χ1) is 15.1. The molecule has 31 heavy (non-hydrogen) atoms. The van der Waals surface area contributed by atoms with E-state index < -0.39 is 12.1 Å². The summed E-state index contributed by atoms with van der Waals surface area (Å²) >= 11 is 1.43. The number of hydrogen-bond acceptors (Lipinski definition) is 7. The molecule has 0 bridgehead atoms. The Balaban J connectivity index is 1.41. The minimum atomic E-state index is -0.895. The lowest BCUT2D eigenvalue weighted by Gasteiger charge is -2.33. The van der Waals surface area contributed by atoms with Gasteiger partial charge in [-0.3, -0.25) is 9.69 Å². The van der Waals surface area contributed by atoms with Crippen LogP contribution in [0.4, 0.5) is 5.13 Å². The van der Waals surface area contributed by atoms with Crippen molar-refractivity contribution in [1.29, 1.82) is 0 Å². The van der Waals surface area contributed by atoms with Crippen LogP contribution in [0.5, 0.6) is 0 Å². The first kappa shape index (κ1) is 21.2. The van der Waals surface area contributed by atoms with Gasteiger partial charge in [0.1, 0.15) is 12.7 Å². The molecule has 1 amide bonds. The van der Waals surface area contributed by atoms with Crippen LogP contribution in [0.1, 0.15) is 54.9 Å². The fraction of sp³-hybridized carbons (Fsp3) is 0.409. The average molecular weight is 440 g/mol. The first-order valence-corrected chi connectivity index (χ1v) is 11.3. The number of rotatable bonds is 7. The maximum absolute atomic E-state index is 13.2. The molecule has 1 aromatic carbocycles. The minimum Gasteiger partial charge on any atom is -0.449 e. The van der Waals surface area contributed by atoms with E-state index in [0.717, 1.165) is 31.2 Å². The van der Waals surface area contributed by atoms with Gasteiger partial charge in [-0.15, -0.1) is 11.3 Å². The number of carbonyl (C=O) groups excluding carboxylic acids is 2. The van der Waals surface area contributed by atoms with Gasteiger partial charge in [0.15, 0.2) is 11.2 Å². The van der Waals surface area contributed by atoms with E-state index >= 15 is 0 Å². The van der Waals surface area contributed by atoms with Crippen molar-refractivity contribution in [1.82, 2.24) is 19.7 Å². The summed E-state index contributed by atoms with van der Waals surface area (Å²) in [6, 6.07) is 7.19. The second kappa shape index (κ2) is 9.82. The van der Waals surface area contributed by atoms with Crippen LogP contribution >= 0.6 is 11.3 Å². The lowest BCUT2D eigenvalue weighted by molar-refractivity contribution is -0.127. The van der Waals surface area contributed by atoms with Crippen molar-refractivity contribution in [2.45, 2.75) is 57.7 Å². The molecule has 2 heterocycles. The smallest absolute Gasteiger partial charge is 0.338 e. The summed E-state index contributed by atoms with van der Waals surface area (Å²) in [4.78, 5) is 35.9. The highest BCUT2D eigenvalue weighted by Gasteiger charge is 2.33. The molecule has 1 aliphatic carbocycles. The summed E-state index contributed by atoms with van der Waals surface area (Å²) < 4.78 is 7.23. The van der Waals surface area contributed by atoms with Crippen LogP contribution in [-0.2, 0) is 16.1 Å². The van der Waals surface area contributed by atoms with E-state index in [1.807, 2.05) is 17.5 Å². The zero-order chi connectivity index (χ0) is 21.6. The maximum Gasteiger partial charge on any atom is 0.338 e. The molecule has 0 saturated heterocycles. The lowest BCUT2D eigenvalue weighted by Crippen LogP contribution is -2.47. The van der Waals surface area contributed by atoms with Crippen LogP contribution in [0.2, 0.25) is 0 Å². The second-order valence-corrected chi connectivity index (χ2v) is 8.53. The van der Waals surface area contributed by atoms with Crippen molar-refractivity contribution in [2.75, 3.05) is 4.90 Å². The molecule has 1 atom stereocenters. The van der Waals surface area contributed by atoms with Crippen molar-refractivity contribution in [3.05, 3.63) is 59.6 Å². The molecule has 4 rings (SSSR count). The highest BCUT2D eigenvalue weighted by Crippen LogP contribution is 2.29. The zero-order valence-electron chi connectivity index (χ0n) is 17.4. The van der Waals surface area contributed by atoms with Gasteiger partial charge in [-0.2, -0.15) is 5.10 Å². The number of esters is 1. The summed E-state index contributed by atoms with van der Waals surface area (Å²) in [5.74, 6) is -0.742. The molecular weight excluding hydrogens is 414 g/mol. The zero-order valence-corrected chi connectivity index (χ0v) is 18.2. The van der Waals surface area contributed by atoms with E-state index in [-0.39, 0.29) is 11.9 Å². The van der Waals surface area contributed by atoms with E-state index in [9.17, 15) is 9.59 Å². The maximum atomic E-state index is 13.2. The number of nitrogens with zero attached hydrogens (tertiary/aromatic N) is 5. The predicted octanol–water partition coefficient (Wildman–Crippen LogP) is 3.69. The number of hydrogen-bond donors (Lipinski definition) is 0. The molecule has 1 aliphatic rings. The van der Waals surface area contributed by atoms with Crippen LogP contribution in [0, 0.1) is 0 Å². The van der Waals surface area contributed by atoms with Crippen molar-refractivity contribution in [3.63, 3.8) is 0 Å². The Morgan fingerprint density at radius 2 is 2.00 bits per heavy atom. The standard InChI is InChI=1S/C22H25N5O3S/c1-16(20(28)27(22-24-11-12-31-22)19-5-3-2-4-6-19)30-21(29)18-9-7-17(8-10-18)13-26-15-23-14-25-26/h7-12,14-16,19H,2-6,13H2,1H3. The molecule has 3 aromatic rings. The molecule has 162 valence electrons. The normalized spacial score (nSPS) is 15.4. The lowest BCUT2D eigenvalue weighted by atomic mass is 9.94. The van der Waals surface area contributed by atoms with Crippen LogP contribution in [-0.4, -0.2) is 43.8 Å². The largest absolute Gasteiger partial charge is 0.449 e. The molecule has 2 aromatic heterocycles. The van der Waals surface area contributed by atoms with Gasteiger partial charge in [0.25, 0.3) is 5.91 Å². The van der Waals surface area contributed by atoms with Crippen molar-refractivity contribution >= 4 is 28.3 Å². The van der Waals surface area contributed by atoms with Gasteiger partial charge >= 0.3 is 5.97 Å². The Morgan fingerprint density at radius 3 is 2.65 bits per heavy atom. The van der Waals surface area contributed by atoms with E-state index in [1.165, 1.54) is 24.1 Å². The topological polar surface area (TPSA) is 90.2 Å². The van der Waals surface area contributed by atoms with Gasteiger partial charge in [0.05, 0.1) is 12.1 Å². The monoisotopic (exact) mass is 439 g/mol.